The summed E-state index contributed by atoms with van der Waals surface area (Å²) < 4.78 is 22.9. The standard InChI is InChI=1S/C16H16N2O4S2/c19-15(11-6-8-24(21,22)10-11)17-12-3-1-4-13(9-12)18-16(20)14-5-2-7-23-14/h1-5,7,9,11H,6,8,10H2,(H,17,19)(H,18,20). The fourth-order valence-corrected chi connectivity index (χ4v) is 4.88. The molecule has 8 heteroatoms. The molecule has 2 aromatic rings. The van der Waals surface area contributed by atoms with Crippen LogP contribution in [0.1, 0.15) is 16.1 Å². The second-order valence-electron chi connectivity index (χ2n) is 5.60. The van der Waals surface area contributed by atoms with Gasteiger partial charge in [0, 0.05) is 11.4 Å². The number of carbonyl (C=O) groups is 2. The lowest BCUT2D eigenvalue weighted by Crippen LogP contribution is -2.23. The Kier molecular flexibility index (Phi) is 4.68. The highest BCUT2D eigenvalue weighted by Gasteiger charge is 2.32. The largest absolute Gasteiger partial charge is 0.326 e. The molecule has 24 heavy (non-hydrogen) atoms. The van der Waals surface area contributed by atoms with Gasteiger partial charge < -0.3 is 10.6 Å². The number of anilines is 2. The van der Waals surface area contributed by atoms with E-state index in [-0.39, 0.29) is 23.3 Å². The van der Waals surface area contributed by atoms with Crippen LogP contribution in [0.15, 0.2) is 41.8 Å². The van der Waals surface area contributed by atoms with Gasteiger partial charge in [-0.25, -0.2) is 8.42 Å². The molecule has 1 fully saturated rings. The first-order chi connectivity index (χ1) is 11.4. The minimum Gasteiger partial charge on any atom is -0.326 e. The summed E-state index contributed by atoms with van der Waals surface area (Å²) in [5, 5.41) is 7.30. The molecule has 1 aromatic heterocycles. The van der Waals surface area contributed by atoms with Crippen LogP contribution in [0.4, 0.5) is 11.4 Å². The molecule has 1 aromatic carbocycles. The molecule has 126 valence electrons. The van der Waals surface area contributed by atoms with Crippen molar-refractivity contribution in [2.75, 3.05) is 22.1 Å². The number of carbonyl (C=O) groups excluding carboxylic acids is 2. The van der Waals surface area contributed by atoms with E-state index in [4.69, 9.17) is 0 Å². The predicted molar refractivity (Wildman–Crippen MR) is 94.1 cm³/mol. The van der Waals surface area contributed by atoms with E-state index >= 15 is 0 Å². The van der Waals surface area contributed by atoms with Gasteiger partial charge in [-0.3, -0.25) is 9.59 Å². The van der Waals surface area contributed by atoms with Gasteiger partial charge in [0.1, 0.15) is 0 Å². The zero-order chi connectivity index (χ0) is 17.2. The molecule has 0 aliphatic carbocycles. The second-order valence-corrected chi connectivity index (χ2v) is 8.78. The van der Waals surface area contributed by atoms with E-state index in [0.717, 1.165) is 0 Å². The molecule has 1 unspecified atom stereocenters. The molecule has 3 rings (SSSR count). The monoisotopic (exact) mass is 364 g/mol. The summed E-state index contributed by atoms with van der Waals surface area (Å²) in [6.07, 6.45) is 0.350. The lowest BCUT2D eigenvalue weighted by molar-refractivity contribution is -0.119. The van der Waals surface area contributed by atoms with Crippen molar-refractivity contribution in [3.8, 4) is 0 Å². The summed E-state index contributed by atoms with van der Waals surface area (Å²) in [6, 6.07) is 10.3. The van der Waals surface area contributed by atoms with Gasteiger partial charge in [-0.1, -0.05) is 12.1 Å². The average Bonchev–Trinajstić information content (AvgIpc) is 3.17. The van der Waals surface area contributed by atoms with E-state index < -0.39 is 15.8 Å². The molecule has 1 aliphatic heterocycles. The normalized spacial score (nSPS) is 18.9. The van der Waals surface area contributed by atoms with Crippen molar-refractivity contribution < 1.29 is 18.0 Å². The molecular weight excluding hydrogens is 348 g/mol. The maximum absolute atomic E-state index is 12.2. The van der Waals surface area contributed by atoms with Gasteiger partial charge in [0.2, 0.25) is 5.91 Å². The number of thiophene rings is 1. The Morgan fingerprint density at radius 2 is 1.83 bits per heavy atom. The minimum absolute atomic E-state index is 0.0575. The fourth-order valence-electron chi connectivity index (χ4n) is 2.52. The first-order valence-corrected chi connectivity index (χ1v) is 10.1. The SMILES string of the molecule is O=C(Nc1cccc(NC(=O)C2CCS(=O)(=O)C2)c1)c1cccs1. The average molecular weight is 364 g/mol. The van der Waals surface area contributed by atoms with Crippen LogP contribution in [0.3, 0.4) is 0 Å². The van der Waals surface area contributed by atoms with Crippen LogP contribution < -0.4 is 10.6 Å². The smallest absolute Gasteiger partial charge is 0.265 e. The number of hydrogen-bond acceptors (Lipinski definition) is 5. The minimum atomic E-state index is -3.10. The summed E-state index contributed by atoms with van der Waals surface area (Å²) in [7, 11) is -3.10. The topological polar surface area (TPSA) is 92.3 Å². The first-order valence-electron chi connectivity index (χ1n) is 7.39. The Labute approximate surface area is 143 Å². The van der Waals surface area contributed by atoms with E-state index in [1.54, 1.807) is 36.4 Å². The second kappa shape index (κ2) is 6.74. The Hall–Kier alpha value is -2.19. The van der Waals surface area contributed by atoms with Crippen LogP contribution in [-0.2, 0) is 14.6 Å². The highest BCUT2D eigenvalue weighted by molar-refractivity contribution is 7.91. The van der Waals surface area contributed by atoms with Crippen LogP contribution in [0.25, 0.3) is 0 Å². The number of sulfone groups is 1. The van der Waals surface area contributed by atoms with Crippen LogP contribution in [-0.4, -0.2) is 31.7 Å². The molecule has 0 radical (unpaired) electrons. The maximum atomic E-state index is 12.2. The quantitative estimate of drug-likeness (QED) is 0.871. The van der Waals surface area contributed by atoms with E-state index in [2.05, 4.69) is 10.6 Å². The van der Waals surface area contributed by atoms with Gasteiger partial charge in [-0.05, 0) is 36.1 Å². The van der Waals surface area contributed by atoms with Gasteiger partial charge in [0.05, 0.1) is 22.3 Å². The van der Waals surface area contributed by atoms with Crippen molar-refractivity contribution in [3.05, 3.63) is 46.7 Å². The molecule has 1 saturated heterocycles. The zero-order valence-electron chi connectivity index (χ0n) is 12.7. The van der Waals surface area contributed by atoms with E-state index in [0.29, 0.717) is 22.7 Å². The summed E-state index contributed by atoms with van der Waals surface area (Å²) in [4.78, 5) is 24.8. The predicted octanol–water partition coefficient (Wildman–Crippen LogP) is 2.37. The fraction of sp³-hybridized carbons (Fsp3) is 0.250. The number of amides is 2. The first kappa shape index (κ1) is 16.7. The third-order valence-corrected chi connectivity index (χ3v) is 6.37. The summed E-state index contributed by atoms with van der Waals surface area (Å²) in [5.41, 5.74) is 1.08. The Morgan fingerprint density at radius 3 is 2.46 bits per heavy atom. The molecule has 0 spiro atoms. The molecule has 2 amide bonds. The Morgan fingerprint density at radius 1 is 1.08 bits per heavy atom. The summed E-state index contributed by atoms with van der Waals surface area (Å²) >= 11 is 1.34. The molecule has 0 bridgehead atoms. The van der Waals surface area contributed by atoms with Crippen LogP contribution in [0.5, 0.6) is 0 Å². The number of benzene rings is 1. The Bertz CT molecular complexity index is 860. The number of rotatable bonds is 4. The van der Waals surface area contributed by atoms with Crippen molar-refractivity contribution in [1.82, 2.24) is 0 Å². The zero-order valence-corrected chi connectivity index (χ0v) is 14.3. The molecule has 0 saturated carbocycles. The van der Waals surface area contributed by atoms with Gasteiger partial charge in [-0.15, -0.1) is 11.3 Å². The highest BCUT2D eigenvalue weighted by atomic mass is 32.2. The van der Waals surface area contributed by atoms with E-state index in [9.17, 15) is 18.0 Å². The molecule has 6 nitrogen and oxygen atoms in total. The van der Waals surface area contributed by atoms with Crippen LogP contribution in [0.2, 0.25) is 0 Å². The van der Waals surface area contributed by atoms with Crippen molar-refractivity contribution in [2.24, 2.45) is 5.92 Å². The van der Waals surface area contributed by atoms with Crippen LogP contribution >= 0.6 is 11.3 Å². The van der Waals surface area contributed by atoms with Gasteiger partial charge in [0.25, 0.3) is 5.91 Å². The lowest BCUT2D eigenvalue weighted by Gasteiger charge is -2.11. The third-order valence-electron chi connectivity index (χ3n) is 3.74. The molecule has 1 aliphatic rings. The summed E-state index contributed by atoms with van der Waals surface area (Å²) in [5.74, 6) is -1.08. The van der Waals surface area contributed by atoms with E-state index in [1.165, 1.54) is 11.3 Å². The van der Waals surface area contributed by atoms with Crippen molar-refractivity contribution in [1.29, 1.82) is 0 Å². The summed E-state index contributed by atoms with van der Waals surface area (Å²) in [6.45, 7) is 0. The number of hydrogen-bond donors (Lipinski definition) is 2. The third kappa shape index (κ3) is 4.01. The Balaban J connectivity index is 1.65. The van der Waals surface area contributed by atoms with Gasteiger partial charge in [0.15, 0.2) is 9.84 Å². The number of nitrogens with one attached hydrogen (secondary N) is 2. The molecule has 2 N–H and O–H groups in total. The highest BCUT2D eigenvalue weighted by Crippen LogP contribution is 2.22. The van der Waals surface area contributed by atoms with Crippen molar-refractivity contribution in [2.45, 2.75) is 6.42 Å². The van der Waals surface area contributed by atoms with Crippen molar-refractivity contribution >= 4 is 44.4 Å². The molecule has 2 heterocycles. The maximum Gasteiger partial charge on any atom is 0.265 e. The van der Waals surface area contributed by atoms with E-state index in [1.807, 2.05) is 5.38 Å². The molecule has 1 atom stereocenters. The van der Waals surface area contributed by atoms with Gasteiger partial charge >= 0.3 is 0 Å². The van der Waals surface area contributed by atoms with Crippen molar-refractivity contribution in [3.63, 3.8) is 0 Å². The van der Waals surface area contributed by atoms with Gasteiger partial charge in [-0.2, -0.15) is 0 Å². The lowest BCUT2D eigenvalue weighted by atomic mass is 10.1. The van der Waals surface area contributed by atoms with Crippen LogP contribution in [0, 0.1) is 5.92 Å². The molecular formula is C16H16N2O4S2.